The molecule has 2 N–H and O–H groups in total. The average molecular weight is 313 g/mol. The molecule has 1 saturated carbocycles. The minimum atomic E-state index is -3.78. The van der Waals surface area contributed by atoms with Crippen LogP contribution in [0, 0.1) is 5.82 Å². The number of nitrogens with two attached hydrogens (primary N) is 1. The van der Waals surface area contributed by atoms with Crippen molar-refractivity contribution in [3.63, 3.8) is 0 Å². The largest absolute Gasteiger partial charge is 0.326 e. The fraction of sp³-hybridized carbons (Fsp3) is 0.571. The lowest BCUT2D eigenvalue weighted by Gasteiger charge is -2.34. The highest BCUT2D eigenvalue weighted by atomic mass is 32.2. The Labute approximate surface area is 124 Å². The fourth-order valence-corrected chi connectivity index (χ4v) is 4.30. The van der Waals surface area contributed by atoms with Gasteiger partial charge in [0.05, 0.1) is 0 Å². The molecule has 1 aromatic rings. The second-order valence-electron chi connectivity index (χ2n) is 5.64. The van der Waals surface area contributed by atoms with Gasteiger partial charge >= 0.3 is 0 Å². The van der Waals surface area contributed by atoms with Gasteiger partial charge in [-0.3, -0.25) is 4.90 Å². The summed E-state index contributed by atoms with van der Waals surface area (Å²) >= 11 is 0. The van der Waals surface area contributed by atoms with Crippen molar-refractivity contribution in [1.82, 2.24) is 9.21 Å². The van der Waals surface area contributed by atoms with E-state index < -0.39 is 15.8 Å². The molecule has 2 fully saturated rings. The average Bonchev–Trinajstić information content (AvgIpc) is 3.32. The van der Waals surface area contributed by atoms with Crippen molar-refractivity contribution in [3.05, 3.63) is 29.6 Å². The monoisotopic (exact) mass is 313 g/mol. The van der Waals surface area contributed by atoms with Crippen molar-refractivity contribution >= 4 is 10.0 Å². The Morgan fingerprint density at radius 1 is 1.19 bits per heavy atom. The quantitative estimate of drug-likeness (QED) is 0.891. The van der Waals surface area contributed by atoms with Crippen LogP contribution in [0.3, 0.4) is 0 Å². The van der Waals surface area contributed by atoms with E-state index in [1.54, 1.807) is 0 Å². The maximum Gasteiger partial charge on any atom is 0.246 e. The summed E-state index contributed by atoms with van der Waals surface area (Å²) in [6.45, 7) is 2.48. The van der Waals surface area contributed by atoms with Crippen LogP contribution >= 0.6 is 0 Å². The maximum absolute atomic E-state index is 13.9. The van der Waals surface area contributed by atoms with Crippen LogP contribution in [0.5, 0.6) is 0 Å². The second-order valence-corrected chi connectivity index (χ2v) is 7.55. The molecule has 1 heterocycles. The molecular formula is C14H20FN3O2S. The lowest BCUT2D eigenvalue weighted by molar-refractivity contribution is 0.180. The molecule has 0 atom stereocenters. The summed E-state index contributed by atoms with van der Waals surface area (Å²) in [5.74, 6) is -0.711. The number of hydrogen-bond acceptors (Lipinski definition) is 4. The van der Waals surface area contributed by atoms with Gasteiger partial charge in [0.1, 0.15) is 10.7 Å². The predicted molar refractivity (Wildman–Crippen MR) is 77.6 cm³/mol. The summed E-state index contributed by atoms with van der Waals surface area (Å²) in [5.41, 5.74) is 6.13. The van der Waals surface area contributed by atoms with E-state index in [2.05, 4.69) is 4.90 Å². The topological polar surface area (TPSA) is 66.6 Å². The Hall–Kier alpha value is -1.02. The van der Waals surface area contributed by atoms with E-state index in [4.69, 9.17) is 5.73 Å². The summed E-state index contributed by atoms with van der Waals surface area (Å²) in [4.78, 5) is 2.06. The van der Waals surface area contributed by atoms with E-state index in [0.29, 0.717) is 24.7 Å². The lowest BCUT2D eigenvalue weighted by Crippen LogP contribution is -2.49. The highest BCUT2D eigenvalue weighted by Gasteiger charge is 2.35. The number of halogens is 1. The molecule has 1 saturated heterocycles. The molecule has 0 amide bonds. The molecule has 7 heteroatoms. The van der Waals surface area contributed by atoms with E-state index in [0.717, 1.165) is 13.1 Å². The minimum absolute atomic E-state index is 0.193. The molecule has 21 heavy (non-hydrogen) atoms. The van der Waals surface area contributed by atoms with Gasteiger partial charge in [0.25, 0.3) is 0 Å². The van der Waals surface area contributed by atoms with Crippen molar-refractivity contribution in [2.45, 2.75) is 30.3 Å². The van der Waals surface area contributed by atoms with E-state index in [1.807, 2.05) is 0 Å². The molecule has 0 bridgehead atoms. The highest BCUT2D eigenvalue weighted by molar-refractivity contribution is 7.89. The summed E-state index contributed by atoms with van der Waals surface area (Å²) in [6, 6.07) is 4.67. The first-order chi connectivity index (χ1) is 10.0. The molecule has 0 radical (unpaired) electrons. The molecule has 1 aliphatic heterocycles. The first-order valence-corrected chi connectivity index (χ1v) is 8.69. The summed E-state index contributed by atoms with van der Waals surface area (Å²) in [7, 11) is -3.78. The first-order valence-electron chi connectivity index (χ1n) is 7.25. The molecule has 0 aromatic heterocycles. The third-order valence-corrected chi connectivity index (χ3v) is 6.10. The number of sulfonamides is 1. The van der Waals surface area contributed by atoms with Crippen LogP contribution in [0.1, 0.15) is 18.4 Å². The van der Waals surface area contributed by atoms with Gasteiger partial charge in [-0.25, -0.2) is 12.8 Å². The van der Waals surface area contributed by atoms with Crippen molar-refractivity contribution in [3.8, 4) is 0 Å². The van der Waals surface area contributed by atoms with Crippen LogP contribution in [0.25, 0.3) is 0 Å². The second kappa shape index (κ2) is 5.64. The SMILES string of the molecule is NCc1ccc(F)c(S(=O)(=O)N2CCN(C3CC3)CC2)c1. The van der Waals surface area contributed by atoms with Gasteiger partial charge in [-0.15, -0.1) is 0 Å². The molecule has 1 aromatic carbocycles. The molecule has 116 valence electrons. The van der Waals surface area contributed by atoms with Crippen LogP contribution in [-0.4, -0.2) is 49.8 Å². The van der Waals surface area contributed by atoms with Crippen LogP contribution < -0.4 is 5.73 Å². The molecule has 5 nitrogen and oxygen atoms in total. The molecule has 0 spiro atoms. The summed E-state index contributed by atoms with van der Waals surface area (Å²) in [5, 5.41) is 0. The Bertz CT molecular complexity index is 623. The minimum Gasteiger partial charge on any atom is -0.326 e. The van der Waals surface area contributed by atoms with Gasteiger partial charge < -0.3 is 5.73 Å². The van der Waals surface area contributed by atoms with Crippen molar-refractivity contribution in [1.29, 1.82) is 0 Å². The van der Waals surface area contributed by atoms with Crippen molar-refractivity contribution < 1.29 is 12.8 Å². The van der Waals surface area contributed by atoms with E-state index >= 15 is 0 Å². The summed E-state index contributed by atoms with van der Waals surface area (Å²) in [6.07, 6.45) is 2.42. The van der Waals surface area contributed by atoms with Gasteiger partial charge in [0, 0.05) is 38.8 Å². The smallest absolute Gasteiger partial charge is 0.246 e. The van der Waals surface area contributed by atoms with Crippen LogP contribution in [-0.2, 0) is 16.6 Å². The van der Waals surface area contributed by atoms with E-state index in [-0.39, 0.29) is 11.4 Å². The predicted octanol–water partition coefficient (Wildman–Crippen LogP) is 0.753. The number of rotatable bonds is 4. The Morgan fingerprint density at radius 3 is 2.43 bits per heavy atom. The highest BCUT2D eigenvalue weighted by Crippen LogP contribution is 2.29. The van der Waals surface area contributed by atoms with Crippen LogP contribution in [0.2, 0.25) is 0 Å². The van der Waals surface area contributed by atoms with Crippen LogP contribution in [0.15, 0.2) is 23.1 Å². The fourth-order valence-electron chi connectivity index (χ4n) is 2.76. The number of piperazine rings is 1. The van der Waals surface area contributed by atoms with Gasteiger partial charge in [-0.1, -0.05) is 6.07 Å². The molecule has 3 rings (SSSR count). The van der Waals surface area contributed by atoms with Crippen LogP contribution in [0.4, 0.5) is 4.39 Å². The zero-order chi connectivity index (χ0) is 15.0. The zero-order valence-corrected chi connectivity index (χ0v) is 12.7. The standard InChI is InChI=1S/C14H20FN3O2S/c15-13-4-1-11(10-16)9-14(13)21(19,20)18-7-5-17(6-8-18)12-2-3-12/h1,4,9,12H,2-3,5-8,10,16H2. The normalized spacial score (nSPS) is 21.6. The Kier molecular flexibility index (Phi) is 4.00. The molecule has 2 aliphatic rings. The third kappa shape index (κ3) is 2.96. The van der Waals surface area contributed by atoms with E-state index in [1.165, 1.54) is 35.3 Å². The molecule has 1 aliphatic carbocycles. The maximum atomic E-state index is 13.9. The number of benzene rings is 1. The summed E-state index contributed by atoms with van der Waals surface area (Å²) < 4.78 is 40.5. The zero-order valence-electron chi connectivity index (χ0n) is 11.8. The van der Waals surface area contributed by atoms with Crippen molar-refractivity contribution in [2.24, 2.45) is 5.73 Å². The molecular weight excluding hydrogens is 293 g/mol. The van der Waals surface area contributed by atoms with Gasteiger partial charge in [-0.2, -0.15) is 4.31 Å². The number of hydrogen-bond donors (Lipinski definition) is 1. The lowest BCUT2D eigenvalue weighted by atomic mass is 10.2. The van der Waals surface area contributed by atoms with Gasteiger partial charge in [0.15, 0.2) is 0 Å². The third-order valence-electron chi connectivity index (χ3n) is 4.19. The Balaban J connectivity index is 1.80. The Morgan fingerprint density at radius 2 is 1.86 bits per heavy atom. The van der Waals surface area contributed by atoms with E-state index in [9.17, 15) is 12.8 Å². The first kappa shape index (κ1) is 14.9. The van der Waals surface area contributed by atoms with Crippen molar-refractivity contribution in [2.75, 3.05) is 26.2 Å². The van der Waals surface area contributed by atoms with Gasteiger partial charge in [-0.05, 0) is 30.5 Å². The molecule has 0 unspecified atom stereocenters. The number of nitrogens with zero attached hydrogens (tertiary/aromatic N) is 2. The van der Waals surface area contributed by atoms with Gasteiger partial charge in [0.2, 0.25) is 10.0 Å².